The summed E-state index contributed by atoms with van der Waals surface area (Å²) >= 11 is 0. The van der Waals surface area contributed by atoms with Crippen molar-refractivity contribution in [2.24, 2.45) is 0 Å². The zero-order valence-corrected chi connectivity index (χ0v) is 12.1. The number of methoxy groups -OCH3 is 1. The smallest absolute Gasteiger partial charge is 0.258 e. The Morgan fingerprint density at radius 2 is 2.00 bits per heavy atom. The predicted octanol–water partition coefficient (Wildman–Crippen LogP) is 2.92. The van der Waals surface area contributed by atoms with Gasteiger partial charge in [0.2, 0.25) is 0 Å². The number of hydrogen-bond donors (Lipinski definition) is 1. The molecule has 1 heterocycles. The van der Waals surface area contributed by atoms with Crippen LogP contribution in [0.2, 0.25) is 0 Å². The van der Waals surface area contributed by atoms with Crippen molar-refractivity contribution < 1.29 is 19.0 Å². The molecule has 1 aliphatic heterocycles. The number of aliphatic hydroxyl groups is 1. The monoisotopic (exact) mass is 301 g/mol. The van der Waals surface area contributed by atoms with Crippen molar-refractivity contribution in [2.45, 2.75) is 12.5 Å². The van der Waals surface area contributed by atoms with Gasteiger partial charge in [-0.15, -0.1) is 0 Å². The van der Waals surface area contributed by atoms with E-state index in [1.807, 2.05) is 0 Å². The van der Waals surface area contributed by atoms with Crippen LogP contribution in [0.25, 0.3) is 0 Å². The second-order valence-corrected chi connectivity index (χ2v) is 5.19. The van der Waals surface area contributed by atoms with Gasteiger partial charge in [-0.05, 0) is 36.8 Å². The van der Waals surface area contributed by atoms with Gasteiger partial charge in [0, 0.05) is 23.7 Å². The third-order valence-corrected chi connectivity index (χ3v) is 3.85. The molecule has 0 saturated carbocycles. The Balaban J connectivity index is 2.00. The number of ether oxygens (including phenoxy) is 1. The summed E-state index contributed by atoms with van der Waals surface area (Å²) in [6.07, 6.45) is -0.134. The van der Waals surface area contributed by atoms with Crippen LogP contribution in [0.3, 0.4) is 0 Å². The molecule has 0 spiro atoms. The molecule has 114 valence electrons. The van der Waals surface area contributed by atoms with Gasteiger partial charge in [-0.25, -0.2) is 4.39 Å². The zero-order chi connectivity index (χ0) is 15.7. The average molecular weight is 301 g/mol. The summed E-state index contributed by atoms with van der Waals surface area (Å²) in [6, 6.07) is 10.7. The third kappa shape index (κ3) is 2.55. The molecule has 0 aliphatic carbocycles. The second kappa shape index (κ2) is 5.77. The van der Waals surface area contributed by atoms with E-state index in [0.29, 0.717) is 35.5 Å². The van der Waals surface area contributed by atoms with Gasteiger partial charge in [0.05, 0.1) is 18.9 Å². The van der Waals surface area contributed by atoms with E-state index in [9.17, 15) is 14.3 Å². The Kier molecular flexibility index (Phi) is 3.81. The van der Waals surface area contributed by atoms with Crippen LogP contribution in [0.4, 0.5) is 10.1 Å². The lowest BCUT2D eigenvalue weighted by Crippen LogP contribution is -2.36. The molecule has 1 N–H and O–H groups in total. The highest BCUT2D eigenvalue weighted by Crippen LogP contribution is 2.37. The molecule has 0 saturated heterocycles. The van der Waals surface area contributed by atoms with Gasteiger partial charge in [-0.3, -0.25) is 4.79 Å². The molecule has 5 heteroatoms. The SMILES string of the molecule is COc1ccc2c(c1)N(C(=O)c1ccc(F)cc1)CCC2O. The first-order valence-corrected chi connectivity index (χ1v) is 7.03. The standard InChI is InChI=1S/C17H16FNO3/c1-22-13-6-7-14-15(10-13)19(9-8-16(14)20)17(21)11-2-4-12(18)5-3-11/h2-7,10,16,20H,8-9H2,1H3. The number of carbonyl (C=O) groups is 1. The Hall–Kier alpha value is -2.40. The van der Waals surface area contributed by atoms with Gasteiger partial charge < -0.3 is 14.7 Å². The van der Waals surface area contributed by atoms with Gasteiger partial charge in [-0.2, -0.15) is 0 Å². The van der Waals surface area contributed by atoms with E-state index in [1.165, 1.54) is 24.3 Å². The molecular formula is C17H16FNO3. The van der Waals surface area contributed by atoms with Gasteiger partial charge in [0.15, 0.2) is 0 Å². The lowest BCUT2D eigenvalue weighted by Gasteiger charge is -2.32. The lowest BCUT2D eigenvalue weighted by atomic mass is 9.97. The van der Waals surface area contributed by atoms with E-state index < -0.39 is 6.10 Å². The number of halogens is 1. The zero-order valence-electron chi connectivity index (χ0n) is 12.1. The molecule has 1 unspecified atom stereocenters. The summed E-state index contributed by atoms with van der Waals surface area (Å²) in [5.41, 5.74) is 1.74. The van der Waals surface area contributed by atoms with Crippen LogP contribution in [-0.2, 0) is 0 Å². The molecule has 0 radical (unpaired) electrons. The van der Waals surface area contributed by atoms with E-state index in [-0.39, 0.29) is 11.7 Å². The summed E-state index contributed by atoms with van der Waals surface area (Å²) in [5, 5.41) is 10.1. The minimum Gasteiger partial charge on any atom is -0.497 e. The molecule has 0 fully saturated rings. The van der Waals surface area contributed by atoms with E-state index in [1.54, 1.807) is 30.2 Å². The number of carbonyl (C=O) groups excluding carboxylic acids is 1. The van der Waals surface area contributed by atoms with Crippen LogP contribution in [0.15, 0.2) is 42.5 Å². The number of aliphatic hydroxyl groups excluding tert-OH is 1. The molecule has 2 aromatic carbocycles. The second-order valence-electron chi connectivity index (χ2n) is 5.19. The van der Waals surface area contributed by atoms with Crippen LogP contribution >= 0.6 is 0 Å². The van der Waals surface area contributed by atoms with Crippen LogP contribution in [0.1, 0.15) is 28.4 Å². The largest absolute Gasteiger partial charge is 0.497 e. The summed E-state index contributed by atoms with van der Waals surface area (Å²) in [5.74, 6) is 0.0128. The maximum atomic E-state index is 13.0. The van der Waals surface area contributed by atoms with Crippen LogP contribution in [0.5, 0.6) is 5.75 Å². The predicted molar refractivity (Wildman–Crippen MR) is 80.6 cm³/mol. The topological polar surface area (TPSA) is 49.8 Å². The summed E-state index contributed by atoms with van der Waals surface area (Å²) < 4.78 is 18.2. The normalized spacial score (nSPS) is 17.0. The van der Waals surface area contributed by atoms with Crippen molar-refractivity contribution in [1.82, 2.24) is 0 Å². The first-order valence-electron chi connectivity index (χ1n) is 7.03. The number of rotatable bonds is 2. The maximum absolute atomic E-state index is 13.0. The average Bonchev–Trinajstić information content (AvgIpc) is 2.55. The van der Waals surface area contributed by atoms with E-state index in [4.69, 9.17) is 4.74 Å². The lowest BCUT2D eigenvalue weighted by molar-refractivity contribution is 0.0970. The Bertz CT molecular complexity index is 700. The fourth-order valence-corrected chi connectivity index (χ4v) is 2.65. The summed E-state index contributed by atoms with van der Waals surface area (Å²) in [7, 11) is 1.55. The number of anilines is 1. The third-order valence-electron chi connectivity index (χ3n) is 3.85. The fourth-order valence-electron chi connectivity index (χ4n) is 2.65. The number of amides is 1. The number of fused-ring (bicyclic) bond motifs is 1. The van der Waals surface area contributed by atoms with Crippen molar-refractivity contribution in [3.8, 4) is 5.75 Å². The minimum atomic E-state index is -0.599. The van der Waals surface area contributed by atoms with E-state index in [2.05, 4.69) is 0 Å². The van der Waals surface area contributed by atoms with Gasteiger partial charge in [0.25, 0.3) is 5.91 Å². The van der Waals surface area contributed by atoms with Crippen LogP contribution in [0, 0.1) is 5.82 Å². The highest BCUT2D eigenvalue weighted by molar-refractivity contribution is 6.06. The molecule has 1 aliphatic rings. The van der Waals surface area contributed by atoms with E-state index in [0.717, 1.165) is 0 Å². The van der Waals surface area contributed by atoms with Crippen LogP contribution < -0.4 is 9.64 Å². The molecule has 0 bridgehead atoms. The molecule has 1 atom stereocenters. The van der Waals surface area contributed by atoms with E-state index >= 15 is 0 Å². The minimum absolute atomic E-state index is 0.221. The molecule has 22 heavy (non-hydrogen) atoms. The Labute approximate surface area is 127 Å². The molecule has 3 rings (SSSR count). The maximum Gasteiger partial charge on any atom is 0.258 e. The van der Waals surface area contributed by atoms with Gasteiger partial charge in [0.1, 0.15) is 11.6 Å². The van der Waals surface area contributed by atoms with Gasteiger partial charge >= 0.3 is 0 Å². The number of nitrogens with zero attached hydrogens (tertiary/aromatic N) is 1. The van der Waals surface area contributed by atoms with Crippen molar-refractivity contribution in [2.75, 3.05) is 18.6 Å². The first-order chi connectivity index (χ1) is 10.6. The molecule has 1 amide bonds. The highest BCUT2D eigenvalue weighted by atomic mass is 19.1. The molecule has 2 aromatic rings. The van der Waals surface area contributed by atoms with Crippen molar-refractivity contribution in [1.29, 1.82) is 0 Å². The van der Waals surface area contributed by atoms with Crippen LogP contribution in [-0.4, -0.2) is 24.7 Å². The quantitative estimate of drug-likeness (QED) is 0.928. The number of hydrogen-bond acceptors (Lipinski definition) is 3. The summed E-state index contributed by atoms with van der Waals surface area (Å²) in [4.78, 5) is 14.3. The highest BCUT2D eigenvalue weighted by Gasteiger charge is 2.28. The van der Waals surface area contributed by atoms with Crippen molar-refractivity contribution in [3.05, 3.63) is 59.4 Å². The molecule has 4 nitrogen and oxygen atoms in total. The first kappa shape index (κ1) is 14.5. The fraction of sp³-hybridized carbons (Fsp3) is 0.235. The van der Waals surface area contributed by atoms with Crippen molar-refractivity contribution >= 4 is 11.6 Å². The number of benzene rings is 2. The molecule has 0 aromatic heterocycles. The molecular weight excluding hydrogens is 285 g/mol. The Morgan fingerprint density at radius 3 is 2.68 bits per heavy atom. The van der Waals surface area contributed by atoms with Gasteiger partial charge in [-0.1, -0.05) is 6.07 Å². The Morgan fingerprint density at radius 1 is 1.27 bits per heavy atom. The van der Waals surface area contributed by atoms with Crippen molar-refractivity contribution in [3.63, 3.8) is 0 Å². The summed E-state index contributed by atoms with van der Waals surface area (Å²) in [6.45, 7) is 0.400.